The van der Waals surface area contributed by atoms with Crippen LogP contribution in [0, 0.1) is 5.92 Å². The predicted molar refractivity (Wildman–Crippen MR) is 68.0 cm³/mol. The van der Waals surface area contributed by atoms with E-state index in [1.165, 1.54) is 11.3 Å². The average Bonchev–Trinajstić information content (AvgIpc) is 2.64. The van der Waals surface area contributed by atoms with Gasteiger partial charge in [-0.2, -0.15) is 0 Å². The number of carbonyl (C=O) groups is 1. The second kappa shape index (κ2) is 6.78. The summed E-state index contributed by atoms with van der Waals surface area (Å²) in [5, 5.41) is 11.9. The van der Waals surface area contributed by atoms with E-state index in [9.17, 15) is 4.79 Å². The smallest absolute Gasteiger partial charge is 0.230 e. The Kier molecular flexibility index (Phi) is 6.47. The molecule has 0 bridgehead atoms. The Morgan fingerprint density at radius 1 is 1.50 bits per heavy atom. The summed E-state index contributed by atoms with van der Waals surface area (Å²) >= 11 is 1.40. The van der Waals surface area contributed by atoms with Crippen molar-refractivity contribution in [2.75, 3.05) is 5.32 Å². The third-order valence-corrected chi connectivity index (χ3v) is 3.18. The van der Waals surface area contributed by atoms with Crippen molar-refractivity contribution in [3.63, 3.8) is 0 Å². The maximum Gasteiger partial charge on any atom is 0.230 e. The van der Waals surface area contributed by atoms with Crippen molar-refractivity contribution >= 4 is 34.8 Å². The van der Waals surface area contributed by atoms with Crippen molar-refractivity contribution in [3.05, 3.63) is 5.01 Å². The monoisotopic (exact) mass is 264 g/mol. The van der Waals surface area contributed by atoms with Crippen LogP contribution in [0.2, 0.25) is 0 Å². The van der Waals surface area contributed by atoms with Crippen LogP contribution >= 0.6 is 23.7 Å². The zero-order chi connectivity index (χ0) is 11.4. The molecule has 5 nitrogen and oxygen atoms in total. The lowest BCUT2D eigenvalue weighted by atomic mass is 10.0. The minimum Gasteiger partial charge on any atom is -0.327 e. The fraction of sp³-hybridized carbons (Fsp3) is 0.667. The van der Waals surface area contributed by atoms with Crippen LogP contribution in [0.5, 0.6) is 0 Å². The number of rotatable bonds is 4. The van der Waals surface area contributed by atoms with E-state index in [1.54, 1.807) is 6.92 Å². The van der Waals surface area contributed by atoms with E-state index in [0.717, 1.165) is 11.4 Å². The van der Waals surface area contributed by atoms with Crippen LogP contribution in [0.25, 0.3) is 0 Å². The summed E-state index contributed by atoms with van der Waals surface area (Å²) in [7, 11) is 0. The van der Waals surface area contributed by atoms with Crippen molar-refractivity contribution in [1.29, 1.82) is 0 Å². The van der Waals surface area contributed by atoms with Gasteiger partial charge in [0, 0.05) is 6.04 Å². The fourth-order valence-corrected chi connectivity index (χ4v) is 1.59. The lowest BCUT2D eigenvalue weighted by Gasteiger charge is -2.13. The number of hydrogen-bond acceptors (Lipinski definition) is 5. The molecule has 1 heterocycles. The summed E-state index contributed by atoms with van der Waals surface area (Å²) in [4.78, 5) is 11.6. The van der Waals surface area contributed by atoms with Gasteiger partial charge in [0.05, 0.1) is 5.92 Å². The van der Waals surface area contributed by atoms with E-state index in [1.807, 2.05) is 13.8 Å². The molecule has 1 aromatic heterocycles. The first-order valence-corrected chi connectivity index (χ1v) is 5.75. The van der Waals surface area contributed by atoms with Crippen molar-refractivity contribution in [3.8, 4) is 0 Å². The Labute approximate surface area is 105 Å². The normalized spacial score (nSPS) is 13.8. The summed E-state index contributed by atoms with van der Waals surface area (Å²) in [6, 6.07) is -0.163. The topological polar surface area (TPSA) is 80.9 Å². The second-order valence-corrected chi connectivity index (χ2v) is 4.55. The standard InChI is InChI=1S/C9H16N4OS.ClH/c1-4-7-12-13-9(15-7)11-8(14)5(2)6(3)10;/h5-6H,4,10H2,1-3H3,(H,11,13,14);1H. The van der Waals surface area contributed by atoms with Crippen LogP contribution in [0.1, 0.15) is 25.8 Å². The molecule has 0 aliphatic carbocycles. The zero-order valence-corrected chi connectivity index (χ0v) is 11.2. The van der Waals surface area contributed by atoms with E-state index in [0.29, 0.717) is 5.13 Å². The van der Waals surface area contributed by atoms with Crippen LogP contribution in [0.15, 0.2) is 0 Å². The predicted octanol–water partition coefficient (Wildman–Crippen LogP) is 1.44. The number of nitrogens with zero attached hydrogens (tertiary/aromatic N) is 2. The molecule has 0 radical (unpaired) electrons. The molecule has 2 unspecified atom stereocenters. The molecule has 92 valence electrons. The van der Waals surface area contributed by atoms with Gasteiger partial charge in [0.25, 0.3) is 0 Å². The van der Waals surface area contributed by atoms with E-state index < -0.39 is 0 Å². The molecule has 1 amide bonds. The maximum atomic E-state index is 11.6. The van der Waals surface area contributed by atoms with E-state index in [2.05, 4.69) is 15.5 Å². The van der Waals surface area contributed by atoms with Gasteiger partial charge < -0.3 is 11.1 Å². The number of aromatic nitrogens is 2. The summed E-state index contributed by atoms with van der Waals surface area (Å²) in [6.07, 6.45) is 0.830. The molecular weight excluding hydrogens is 248 g/mol. The van der Waals surface area contributed by atoms with Crippen LogP contribution in [0.4, 0.5) is 5.13 Å². The number of halogens is 1. The molecule has 0 saturated heterocycles. The highest BCUT2D eigenvalue weighted by atomic mass is 35.5. The van der Waals surface area contributed by atoms with Gasteiger partial charge in [-0.05, 0) is 13.3 Å². The first-order chi connectivity index (χ1) is 7.04. The summed E-state index contributed by atoms with van der Waals surface area (Å²) < 4.78 is 0. The molecule has 2 atom stereocenters. The Bertz CT molecular complexity index is 342. The molecular formula is C9H17ClN4OS. The lowest BCUT2D eigenvalue weighted by Crippen LogP contribution is -2.34. The molecule has 0 aromatic carbocycles. The van der Waals surface area contributed by atoms with E-state index in [4.69, 9.17) is 5.73 Å². The molecule has 0 aliphatic heterocycles. The maximum absolute atomic E-state index is 11.6. The second-order valence-electron chi connectivity index (χ2n) is 3.49. The first-order valence-electron chi connectivity index (χ1n) is 4.93. The highest BCUT2D eigenvalue weighted by molar-refractivity contribution is 7.15. The fourth-order valence-electron chi connectivity index (χ4n) is 0.905. The number of amides is 1. The van der Waals surface area contributed by atoms with Gasteiger partial charge >= 0.3 is 0 Å². The Balaban J connectivity index is 0.00000225. The molecule has 16 heavy (non-hydrogen) atoms. The van der Waals surface area contributed by atoms with Gasteiger partial charge in [-0.1, -0.05) is 25.2 Å². The largest absolute Gasteiger partial charge is 0.327 e. The quantitative estimate of drug-likeness (QED) is 0.862. The molecule has 0 aliphatic rings. The Morgan fingerprint density at radius 2 is 2.12 bits per heavy atom. The lowest BCUT2D eigenvalue weighted by molar-refractivity contribution is -0.119. The minimum atomic E-state index is -0.223. The number of nitrogens with one attached hydrogen (secondary N) is 1. The Hall–Kier alpha value is -0.720. The SMILES string of the molecule is CCc1nnc(NC(=O)C(C)C(C)N)s1.Cl. The van der Waals surface area contributed by atoms with Gasteiger partial charge in [-0.25, -0.2) is 0 Å². The van der Waals surface area contributed by atoms with Crippen molar-refractivity contribution in [2.24, 2.45) is 11.7 Å². The molecule has 1 rings (SSSR count). The first kappa shape index (κ1) is 15.3. The average molecular weight is 265 g/mol. The number of nitrogens with two attached hydrogens (primary N) is 1. The van der Waals surface area contributed by atoms with Crippen LogP contribution in [-0.4, -0.2) is 22.1 Å². The van der Waals surface area contributed by atoms with Gasteiger partial charge in [-0.15, -0.1) is 22.6 Å². The van der Waals surface area contributed by atoms with Crippen LogP contribution < -0.4 is 11.1 Å². The minimum absolute atomic E-state index is 0. The van der Waals surface area contributed by atoms with Gasteiger partial charge in [0.15, 0.2) is 0 Å². The third kappa shape index (κ3) is 4.03. The van der Waals surface area contributed by atoms with Crippen molar-refractivity contribution in [1.82, 2.24) is 10.2 Å². The highest BCUT2D eigenvalue weighted by Gasteiger charge is 2.18. The molecule has 7 heteroatoms. The van der Waals surface area contributed by atoms with Gasteiger partial charge in [0.1, 0.15) is 5.01 Å². The van der Waals surface area contributed by atoms with E-state index in [-0.39, 0.29) is 30.3 Å². The number of aryl methyl sites for hydroxylation is 1. The van der Waals surface area contributed by atoms with Crippen molar-refractivity contribution < 1.29 is 4.79 Å². The third-order valence-electron chi connectivity index (χ3n) is 2.20. The molecule has 3 N–H and O–H groups in total. The molecule has 1 aromatic rings. The Morgan fingerprint density at radius 3 is 2.56 bits per heavy atom. The highest BCUT2D eigenvalue weighted by Crippen LogP contribution is 2.16. The molecule has 0 spiro atoms. The molecule has 0 saturated carbocycles. The van der Waals surface area contributed by atoms with Crippen LogP contribution in [-0.2, 0) is 11.2 Å². The van der Waals surface area contributed by atoms with Crippen LogP contribution in [0.3, 0.4) is 0 Å². The van der Waals surface area contributed by atoms with Gasteiger partial charge in [0.2, 0.25) is 11.0 Å². The van der Waals surface area contributed by atoms with E-state index >= 15 is 0 Å². The zero-order valence-electron chi connectivity index (χ0n) is 9.56. The van der Waals surface area contributed by atoms with Crippen molar-refractivity contribution in [2.45, 2.75) is 33.2 Å². The molecule has 0 fully saturated rings. The number of carbonyl (C=O) groups excluding carboxylic acids is 1. The summed E-state index contributed by atoms with van der Waals surface area (Å²) in [5.74, 6) is -0.331. The summed E-state index contributed by atoms with van der Waals surface area (Å²) in [5.41, 5.74) is 5.63. The number of hydrogen-bond donors (Lipinski definition) is 2. The summed E-state index contributed by atoms with van der Waals surface area (Å²) in [6.45, 7) is 5.60. The van der Waals surface area contributed by atoms with Gasteiger partial charge in [-0.3, -0.25) is 4.79 Å². The number of anilines is 1.